The van der Waals surface area contributed by atoms with Crippen molar-refractivity contribution in [1.29, 1.82) is 0 Å². The summed E-state index contributed by atoms with van der Waals surface area (Å²) in [5.41, 5.74) is 3.36. The zero-order valence-electron chi connectivity index (χ0n) is 13.2. The second-order valence-corrected chi connectivity index (χ2v) is 5.62. The number of hydrogen-bond acceptors (Lipinski definition) is 4. The Morgan fingerprint density at radius 1 is 1.17 bits per heavy atom. The van der Waals surface area contributed by atoms with Gasteiger partial charge in [-0.1, -0.05) is 31.2 Å². The van der Waals surface area contributed by atoms with Gasteiger partial charge in [0, 0.05) is 23.9 Å². The van der Waals surface area contributed by atoms with Crippen LogP contribution in [0, 0.1) is 0 Å². The van der Waals surface area contributed by atoms with Crippen molar-refractivity contribution in [3.05, 3.63) is 60.3 Å². The molecular weight excluding hydrogens is 300 g/mol. The highest BCUT2D eigenvalue weighted by molar-refractivity contribution is 6.08. The van der Waals surface area contributed by atoms with Crippen LogP contribution in [0.5, 0.6) is 0 Å². The van der Waals surface area contributed by atoms with Crippen LogP contribution in [0.25, 0.3) is 21.8 Å². The minimum absolute atomic E-state index is 0.156. The lowest BCUT2D eigenvalue weighted by molar-refractivity contribution is 0.0990. The first-order chi connectivity index (χ1) is 11.8. The molecule has 0 amide bonds. The lowest BCUT2D eigenvalue weighted by Gasteiger charge is -2.08. The van der Waals surface area contributed by atoms with Crippen LogP contribution < -0.4 is 5.32 Å². The number of nitrogens with one attached hydrogen (secondary N) is 2. The van der Waals surface area contributed by atoms with Crippen molar-refractivity contribution in [2.75, 3.05) is 5.32 Å². The Bertz CT molecular complexity index is 1050. The van der Waals surface area contributed by atoms with Gasteiger partial charge in [-0.2, -0.15) is 5.10 Å². The minimum Gasteiger partial charge on any atom is -0.337 e. The van der Waals surface area contributed by atoms with E-state index in [1.54, 1.807) is 6.20 Å². The smallest absolute Gasteiger partial charge is 0.178 e. The van der Waals surface area contributed by atoms with E-state index in [0.717, 1.165) is 33.1 Å². The summed E-state index contributed by atoms with van der Waals surface area (Å²) < 4.78 is 0. The zero-order chi connectivity index (χ0) is 16.5. The molecule has 5 heteroatoms. The number of H-pyrrole nitrogens is 1. The van der Waals surface area contributed by atoms with E-state index in [0.29, 0.717) is 12.2 Å². The molecule has 0 unspecified atom stereocenters. The molecule has 0 saturated carbocycles. The van der Waals surface area contributed by atoms with Crippen molar-refractivity contribution in [3.8, 4) is 0 Å². The quantitative estimate of drug-likeness (QED) is 0.546. The third-order valence-electron chi connectivity index (χ3n) is 4.08. The number of Topliss-reactive ketones (excluding diaryl/α,β-unsaturated/α-hetero) is 1. The summed E-state index contributed by atoms with van der Waals surface area (Å²) in [4.78, 5) is 16.4. The van der Waals surface area contributed by atoms with E-state index in [-0.39, 0.29) is 5.78 Å². The number of pyridine rings is 1. The Balaban J connectivity index is 1.74. The molecule has 0 bridgehead atoms. The minimum atomic E-state index is 0.156. The molecule has 5 nitrogen and oxygen atoms in total. The fourth-order valence-electron chi connectivity index (χ4n) is 2.87. The molecule has 0 saturated heterocycles. The molecule has 0 radical (unpaired) electrons. The average molecular weight is 316 g/mol. The number of anilines is 2. The second kappa shape index (κ2) is 5.77. The van der Waals surface area contributed by atoms with Crippen molar-refractivity contribution < 1.29 is 4.79 Å². The summed E-state index contributed by atoms with van der Waals surface area (Å²) in [6.07, 6.45) is 2.25. The van der Waals surface area contributed by atoms with Crippen molar-refractivity contribution in [3.63, 3.8) is 0 Å². The van der Waals surface area contributed by atoms with Crippen LogP contribution in [0.1, 0.15) is 23.7 Å². The molecule has 4 aromatic rings. The molecule has 4 rings (SSSR count). The lowest BCUT2D eigenvalue weighted by atomic mass is 10.00. The van der Waals surface area contributed by atoms with Gasteiger partial charge in [-0.15, -0.1) is 0 Å². The summed E-state index contributed by atoms with van der Waals surface area (Å²) in [5.74, 6) is 0.842. The second-order valence-electron chi connectivity index (χ2n) is 5.62. The summed E-state index contributed by atoms with van der Waals surface area (Å²) in [7, 11) is 0. The fraction of sp³-hybridized carbons (Fsp3) is 0.105. The predicted octanol–water partition coefficient (Wildman–Crippen LogP) is 4.45. The zero-order valence-corrected chi connectivity index (χ0v) is 13.2. The summed E-state index contributed by atoms with van der Waals surface area (Å²) in [5, 5.41) is 12.5. The third-order valence-corrected chi connectivity index (χ3v) is 4.08. The van der Waals surface area contributed by atoms with Gasteiger partial charge >= 0.3 is 0 Å². The van der Waals surface area contributed by atoms with Gasteiger partial charge in [-0.3, -0.25) is 14.9 Å². The number of aromatic nitrogens is 3. The van der Waals surface area contributed by atoms with E-state index in [2.05, 4.69) is 20.5 Å². The van der Waals surface area contributed by atoms with E-state index in [4.69, 9.17) is 0 Å². The van der Waals surface area contributed by atoms with Gasteiger partial charge in [0.25, 0.3) is 0 Å². The number of rotatable bonds is 4. The normalized spacial score (nSPS) is 11.0. The Hall–Kier alpha value is -3.21. The lowest BCUT2D eigenvalue weighted by Crippen LogP contribution is -1.98. The molecule has 0 spiro atoms. The number of carbonyl (C=O) groups is 1. The summed E-state index contributed by atoms with van der Waals surface area (Å²) in [6.45, 7) is 1.88. The van der Waals surface area contributed by atoms with Crippen molar-refractivity contribution in [2.24, 2.45) is 0 Å². The highest BCUT2D eigenvalue weighted by Gasteiger charge is 2.10. The number of benzene rings is 2. The number of aromatic amines is 1. The Morgan fingerprint density at radius 2 is 2.08 bits per heavy atom. The summed E-state index contributed by atoms with van der Waals surface area (Å²) in [6, 6.07) is 15.6. The number of nitrogens with zero attached hydrogens (tertiary/aromatic N) is 2. The topological polar surface area (TPSA) is 70.7 Å². The first kappa shape index (κ1) is 14.4. The van der Waals surface area contributed by atoms with Gasteiger partial charge in [0.1, 0.15) is 5.52 Å². The number of hydrogen-bond donors (Lipinski definition) is 2. The van der Waals surface area contributed by atoms with E-state index in [1.165, 1.54) is 0 Å². The molecule has 0 atom stereocenters. The molecule has 0 aliphatic heterocycles. The highest BCUT2D eigenvalue weighted by Crippen LogP contribution is 2.27. The summed E-state index contributed by atoms with van der Waals surface area (Å²) >= 11 is 0. The van der Waals surface area contributed by atoms with Crippen LogP contribution >= 0.6 is 0 Å². The monoisotopic (exact) mass is 316 g/mol. The Kier molecular flexibility index (Phi) is 3.46. The van der Waals surface area contributed by atoms with Crippen LogP contribution in [0.3, 0.4) is 0 Å². The molecule has 0 aliphatic carbocycles. The van der Waals surface area contributed by atoms with E-state index >= 15 is 0 Å². The maximum Gasteiger partial charge on any atom is 0.178 e. The molecule has 2 aromatic carbocycles. The molecule has 24 heavy (non-hydrogen) atoms. The van der Waals surface area contributed by atoms with Crippen LogP contribution in [-0.4, -0.2) is 21.0 Å². The van der Waals surface area contributed by atoms with Crippen molar-refractivity contribution in [2.45, 2.75) is 13.3 Å². The van der Waals surface area contributed by atoms with Gasteiger partial charge in [0.05, 0.1) is 5.52 Å². The molecule has 0 fully saturated rings. The van der Waals surface area contributed by atoms with Gasteiger partial charge < -0.3 is 5.32 Å². The third kappa shape index (κ3) is 2.40. The average Bonchev–Trinajstić information content (AvgIpc) is 3.03. The number of fused-ring (bicyclic) bond motifs is 2. The van der Waals surface area contributed by atoms with Gasteiger partial charge in [-0.25, -0.2) is 0 Å². The highest BCUT2D eigenvalue weighted by atomic mass is 16.1. The molecular formula is C19H16N4O. The van der Waals surface area contributed by atoms with E-state index < -0.39 is 0 Å². The number of carbonyl (C=O) groups excluding carboxylic acids is 1. The maximum atomic E-state index is 12.1. The van der Waals surface area contributed by atoms with Crippen LogP contribution in [0.2, 0.25) is 0 Å². The van der Waals surface area contributed by atoms with Gasteiger partial charge in [0.2, 0.25) is 0 Å². The molecule has 118 valence electrons. The molecule has 2 heterocycles. The SMILES string of the molecule is CCC(=O)c1cccc2cc(Nc3n[nH]c4cccnc34)ccc12. The molecule has 0 aliphatic rings. The molecule has 2 aromatic heterocycles. The fourth-order valence-corrected chi connectivity index (χ4v) is 2.87. The van der Waals surface area contributed by atoms with Gasteiger partial charge in [-0.05, 0) is 35.0 Å². The van der Waals surface area contributed by atoms with E-state index in [1.807, 2.05) is 55.5 Å². The van der Waals surface area contributed by atoms with Crippen molar-refractivity contribution in [1.82, 2.24) is 15.2 Å². The predicted molar refractivity (Wildman–Crippen MR) is 95.7 cm³/mol. The van der Waals surface area contributed by atoms with Crippen LogP contribution in [0.4, 0.5) is 11.5 Å². The number of ketones is 1. The largest absolute Gasteiger partial charge is 0.337 e. The Morgan fingerprint density at radius 3 is 2.96 bits per heavy atom. The van der Waals surface area contributed by atoms with Crippen LogP contribution in [-0.2, 0) is 0 Å². The standard InChI is InChI=1S/C19H16N4O/c1-2-17(24)15-6-3-5-12-11-13(8-9-14(12)15)21-19-18-16(22-23-19)7-4-10-20-18/h3-11H,2H2,1H3,(H2,21,22,23). The molecule has 2 N–H and O–H groups in total. The van der Waals surface area contributed by atoms with Crippen molar-refractivity contribution >= 4 is 39.1 Å². The first-order valence-corrected chi connectivity index (χ1v) is 7.88. The Labute approximate surface area is 138 Å². The first-order valence-electron chi connectivity index (χ1n) is 7.88. The van der Waals surface area contributed by atoms with Crippen LogP contribution in [0.15, 0.2) is 54.7 Å². The maximum absolute atomic E-state index is 12.1. The van der Waals surface area contributed by atoms with E-state index in [9.17, 15) is 4.79 Å². The van der Waals surface area contributed by atoms with Gasteiger partial charge in [0.15, 0.2) is 11.6 Å².